The van der Waals surface area contributed by atoms with Crippen LogP contribution in [0.5, 0.6) is 0 Å². The Bertz CT molecular complexity index is 932. The summed E-state index contributed by atoms with van der Waals surface area (Å²) in [5.41, 5.74) is 0.630. The van der Waals surface area contributed by atoms with Crippen molar-refractivity contribution in [2.75, 3.05) is 13.2 Å². The minimum atomic E-state index is -0.732. The summed E-state index contributed by atoms with van der Waals surface area (Å²) in [6.07, 6.45) is 6.95. The number of carbonyl (C=O) groups excluding carboxylic acids is 2. The molecular formula is C20H23N3O4. The summed E-state index contributed by atoms with van der Waals surface area (Å²) in [6, 6.07) is 6.66. The minimum absolute atomic E-state index is 0.00285. The monoisotopic (exact) mass is 369 g/mol. The predicted octanol–water partition coefficient (Wildman–Crippen LogP) is 2.78. The quantitative estimate of drug-likeness (QED) is 0.791. The number of esters is 1. The summed E-state index contributed by atoms with van der Waals surface area (Å²) in [5.74, 6) is -0.975. The van der Waals surface area contributed by atoms with Gasteiger partial charge < -0.3 is 9.64 Å². The van der Waals surface area contributed by atoms with Crippen LogP contribution in [-0.4, -0.2) is 40.1 Å². The third kappa shape index (κ3) is 4.24. The molecule has 2 aromatic rings. The van der Waals surface area contributed by atoms with Crippen molar-refractivity contribution in [3.05, 3.63) is 52.1 Å². The number of nitrogens with zero attached hydrogens (tertiary/aromatic N) is 2. The number of amides is 1. The topological polar surface area (TPSA) is 92.4 Å². The lowest BCUT2D eigenvalue weighted by molar-refractivity contribution is -0.132. The van der Waals surface area contributed by atoms with Gasteiger partial charge in [0, 0.05) is 17.6 Å². The molecular weight excluding hydrogens is 346 g/mol. The molecule has 1 aliphatic rings. The molecule has 7 heteroatoms. The third-order valence-electron chi connectivity index (χ3n) is 4.58. The van der Waals surface area contributed by atoms with Gasteiger partial charge in [-0.15, -0.1) is 0 Å². The number of fused-ring (bicyclic) bond motifs is 1. The highest BCUT2D eigenvalue weighted by molar-refractivity contribution is 6.02. The first-order valence-electron chi connectivity index (χ1n) is 9.25. The second-order valence-electron chi connectivity index (χ2n) is 6.51. The normalized spacial score (nSPS) is 13.9. The van der Waals surface area contributed by atoms with E-state index in [0.29, 0.717) is 17.3 Å². The van der Waals surface area contributed by atoms with Crippen molar-refractivity contribution in [1.82, 2.24) is 15.1 Å². The average Bonchev–Trinajstić information content (AvgIpc) is 2.71. The van der Waals surface area contributed by atoms with E-state index in [2.05, 4.69) is 16.3 Å². The summed E-state index contributed by atoms with van der Waals surface area (Å²) >= 11 is 0. The van der Waals surface area contributed by atoms with E-state index in [1.165, 1.54) is 0 Å². The molecule has 142 valence electrons. The molecule has 0 saturated carbocycles. The fourth-order valence-electron chi connectivity index (χ4n) is 3.26. The van der Waals surface area contributed by atoms with Crippen LogP contribution >= 0.6 is 0 Å². The fraction of sp³-hybridized carbons (Fsp3) is 0.400. The standard InChI is InChI=1S/C20H23N3O4/c1-2-12-23(14-8-4-3-5-9-14)17(24)13-27-20(26)18-15-10-6-7-11-16(15)19(25)22-21-18/h6-8,10-11H,2-5,9,12-13H2,1H3,(H,22,25). The zero-order valence-electron chi connectivity index (χ0n) is 15.4. The second kappa shape index (κ2) is 8.62. The van der Waals surface area contributed by atoms with Crippen molar-refractivity contribution < 1.29 is 14.3 Å². The maximum absolute atomic E-state index is 12.6. The van der Waals surface area contributed by atoms with Gasteiger partial charge in [-0.1, -0.05) is 31.2 Å². The smallest absolute Gasteiger partial charge is 0.359 e. The Hall–Kier alpha value is -2.96. The van der Waals surface area contributed by atoms with Crippen LogP contribution in [0.1, 0.15) is 49.5 Å². The van der Waals surface area contributed by atoms with Gasteiger partial charge in [0.1, 0.15) is 0 Å². The van der Waals surface area contributed by atoms with Crippen molar-refractivity contribution in [2.24, 2.45) is 0 Å². The Morgan fingerprint density at radius 1 is 1.22 bits per heavy atom. The maximum atomic E-state index is 12.6. The van der Waals surface area contributed by atoms with E-state index in [9.17, 15) is 14.4 Å². The molecule has 0 fully saturated rings. The van der Waals surface area contributed by atoms with E-state index in [-0.39, 0.29) is 23.8 Å². The van der Waals surface area contributed by atoms with Gasteiger partial charge in [-0.2, -0.15) is 5.10 Å². The number of rotatable bonds is 6. The number of ether oxygens (including phenoxy) is 1. The number of benzene rings is 1. The number of hydrogen-bond donors (Lipinski definition) is 1. The highest BCUT2D eigenvalue weighted by Gasteiger charge is 2.22. The molecule has 0 spiro atoms. The highest BCUT2D eigenvalue weighted by Crippen LogP contribution is 2.21. The lowest BCUT2D eigenvalue weighted by atomic mass is 10.0. The first-order valence-corrected chi connectivity index (χ1v) is 9.25. The number of H-pyrrole nitrogens is 1. The van der Waals surface area contributed by atoms with Crippen molar-refractivity contribution in [1.29, 1.82) is 0 Å². The maximum Gasteiger partial charge on any atom is 0.359 e. The number of nitrogens with one attached hydrogen (secondary N) is 1. The SMILES string of the molecule is CCCN(C(=O)COC(=O)c1n[nH]c(=O)c2ccccc12)C1=CCCCC1. The molecule has 7 nitrogen and oxygen atoms in total. The number of aromatic nitrogens is 2. The van der Waals surface area contributed by atoms with Crippen molar-refractivity contribution in [3.8, 4) is 0 Å². The van der Waals surface area contributed by atoms with Gasteiger partial charge in [0.05, 0.1) is 5.39 Å². The third-order valence-corrected chi connectivity index (χ3v) is 4.58. The predicted molar refractivity (Wildman–Crippen MR) is 101 cm³/mol. The Labute approximate surface area is 157 Å². The largest absolute Gasteiger partial charge is 0.451 e. The van der Waals surface area contributed by atoms with E-state index in [1.807, 2.05) is 6.92 Å². The molecule has 1 heterocycles. The van der Waals surface area contributed by atoms with Gasteiger partial charge in [-0.05, 0) is 38.2 Å². The summed E-state index contributed by atoms with van der Waals surface area (Å²) in [6.45, 7) is 2.25. The van der Waals surface area contributed by atoms with Crippen LogP contribution in [-0.2, 0) is 9.53 Å². The molecule has 27 heavy (non-hydrogen) atoms. The van der Waals surface area contributed by atoms with E-state index in [0.717, 1.165) is 37.8 Å². The molecule has 0 atom stereocenters. The Morgan fingerprint density at radius 2 is 2.00 bits per heavy atom. The highest BCUT2D eigenvalue weighted by atomic mass is 16.5. The Morgan fingerprint density at radius 3 is 2.70 bits per heavy atom. The molecule has 0 aliphatic heterocycles. The molecule has 1 aromatic carbocycles. The molecule has 1 N–H and O–H groups in total. The lowest BCUT2D eigenvalue weighted by Gasteiger charge is -2.27. The van der Waals surface area contributed by atoms with Gasteiger partial charge >= 0.3 is 5.97 Å². The number of carbonyl (C=O) groups is 2. The summed E-state index contributed by atoms with van der Waals surface area (Å²) in [5, 5.41) is 6.86. The van der Waals surface area contributed by atoms with Crippen LogP contribution in [0.3, 0.4) is 0 Å². The van der Waals surface area contributed by atoms with Gasteiger partial charge in [0.2, 0.25) is 0 Å². The van der Waals surface area contributed by atoms with Crippen molar-refractivity contribution >= 4 is 22.6 Å². The molecule has 1 amide bonds. The van der Waals surface area contributed by atoms with E-state index < -0.39 is 5.97 Å². The van der Waals surface area contributed by atoms with E-state index >= 15 is 0 Å². The summed E-state index contributed by atoms with van der Waals surface area (Å²) < 4.78 is 5.21. The van der Waals surface area contributed by atoms with Crippen LogP contribution in [0, 0.1) is 0 Å². The Kier molecular flexibility index (Phi) is 6.01. The molecule has 0 bridgehead atoms. The number of allylic oxidation sites excluding steroid dienone is 2. The molecule has 3 rings (SSSR count). The van der Waals surface area contributed by atoms with Crippen LogP contribution in [0.2, 0.25) is 0 Å². The second-order valence-corrected chi connectivity index (χ2v) is 6.51. The van der Waals surface area contributed by atoms with Gasteiger partial charge in [-0.25, -0.2) is 9.89 Å². The van der Waals surface area contributed by atoms with E-state index in [4.69, 9.17) is 4.74 Å². The molecule has 1 aliphatic carbocycles. The Balaban J connectivity index is 1.73. The van der Waals surface area contributed by atoms with Gasteiger partial charge in [0.25, 0.3) is 11.5 Å². The van der Waals surface area contributed by atoms with E-state index in [1.54, 1.807) is 29.2 Å². The van der Waals surface area contributed by atoms with Crippen LogP contribution in [0.25, 0.3) is 10.8 Å². The van der Waals surface area contributed by atoms with Crippen LogP contribution < -0.4 is 5.56 Å². The molecule has 0 unspecified atom stereocenters. The average molecular weight is 369 g/mol. The minimum Gasteiger partial charge on any atom is -0.451 e. The van der Waals surface area contributed by atoms with Crippen molar-refractivity contribution in [3.63, 3.8) is 0 Å². The van der Waals surface area contributed by atoms with Gasteiger partial charge in [-0.3, -0.25) is 9.59 Å². The zero-order valence-corrected chi connectivity index (χ0v) is 15.4. The number of aromatic amines is 1. The summed E-state index contributed by atoms with van der Waals surface area (Å²) in [4.78, 5) is 38.6. The molecule has 0 saturated heterocycles. The van der Waals surface area contributed by atoms with Gasteiger partial charge in [0.15, 0.2) is 12.3 Å². The summed E-state index contributed by atoms with van der Waals surface area (Å²) in [7, 11) is 0. The lowest BCUT2D eigenvalue weighted by Crippen LogP contribution is -2.35. The first-order chi connectivity index (χ1) is 13.1. The van der Waals surface area contributed by atoms with Crippen LogP contribution in [0.15, 0.2) is 40.8 Å². The van der Waals surface area contributed by atoms with Crippen LogP contribution in [0.4, 0.5) is 0 Å². The zero-order chi connectivity index (χ0) is 19.2. The van der Waals surface area contributed by atoms with Crippen molar-refractivity contribution in [2.45, 2.75) is 39.0 Å². The number of hydrogen-bond acceptors (Lipinski definition) is 5. The first kappa shape index (κ1) is 18.8. The molecule has 1 aromatic heterocycles. The fourth-order valence-corrected chi connectivity index (χ4v) is 3.26. The molecule has 0 radical (unpaired) electrons.